The maximum Gasteiger partial charge on any atom is 0.299 e. The molecule has 0 bridgehead atoms. The molecule has 28 heavy (non-hydrogen) atoms. The molecule has 2 aromatic carbocycles. The van der Waals surface area contributed by atoms with Crippen LogP contribution in [0.3, 0.4) is 0 Å². The van der Waals surface area contributed by atoms with E-state index in [-0.39, 0.29) is 17.1 Å². The van der Waals surface area contributed by atoms with Gasteiger partial charge in [0.15, 0.2) is 0 Å². The number of anilines is 2. The molecule has 10 heteroatoms. The van der Waals surface area contributed by atoms with Gasteiger partial charge in [0.25, 0.3) is 17.3 Å². The molecule has 0 unspecified atom stereocenters. The van der Waals surface area contributed by atoms with Crippen molar-refractivity contribution in [3.8, 4) is 0 Å². The maximum atomic E-state index is 12.5. The van der Waals surface area contributed by atoms with Crippen LogP contribution in [0.5, 0.6) is 0 Å². The second-order valence-corrected chi connectivity index (χ2v) is 6.29. The molecule has 0 spiro atoms. The molecule has 2 aromatic rings. The minimum atomic E-state index is -0.749. The third kappa shape index (κ3) is 4.07. The van der Waals surface area contributed by atoms with E-state index in [2.05, 4.69) is 5.32 Å². The number of ether oxygens (including phenoxy) is 1. The van der Waals surface area contributed by atoms with Crippen molar-refractivity contribution in [3.63, 3.8) is 0 Å². The number of nitrogens with zero attached hydrogens (tertiary/aromatic N) is 3. The van der Waals surface area contributed by atoms with Crippen LogP contribution >= 0.6 is 0 Å². The molecule has 0 aromatic heterocycles. The lowest BCUT2D eigenvalue weighted by atomic mass is 10.1. The summed E-state index contributed by atoms with van der Waals surface area (Å²) in [5, 5.41) is 25.4. The summed E-state index contributed by atoms with van der Waals surface area (Å²) in [6.07, 6.45) is 0. The Hall–Kier alpha value is -3.53. The van der Waals surface area contributed by atoms with Crippen LogP contribution in [0, 0.1) is 27.2 Å². The summed E-state index contributed by atoms with van der Waals surface area (Å²) in [6, 6.07) is 8.87. The van der Waals surface area contributed by atoms with Crippen molar-refractivity contribution in [3.05, 3.63) is 67.8 Å². The molecule has 0 radical (unpaired) electrons. The molecule has 1 saturated heterocycles. The molecule has 1 N–H and O–H groups in total. The number of carbonyl (C=O) groups excluding carboxylic acids is 1. The fourth-order valence-electron chi connectivity index (χ4n) is 2.92. The quantitative estimate of drug-likeness (QED) is 0.618. The first-order valence-corrected chi connectivity index (χ1v) is 8.54. The normalized spacial score (nSPS) is 13.8. The second-order valence-electron chi connectivity index (χ2n) is 6.29. The Morgan fingerprint density at radius 2 is 1.64 bits per heavy atom. The summed E-state index contributed by atoms with van der Waals surface area (Å²) >= 11 is 0. The largest absolute Gasteiger partial charge is 0.378 e. The number of aryl methyl sites for hydroxylation is 1. The number of rotatable bonds is 5. The van der Waals surface area contributed by atoms with Crippen LogP contribution in [-0.4, -0.2) is 42.1 Å². The Labute approximate surface area is 160 Å². The van der Waals surface area contributed by atoms with Gasteiger partial charge in [0.2, 0.25) is 0 Å². The Kier molecular flexibility index (Phi) is 5.50. The van der Waals surface area contributed by atoms with Crippen LogP contribution in [0.15, 0.2) is 36.4 Å². The van der Waals surface area contributed by atoms with Crippen LogP contribution < -0.4 is 10.2 Å². The van der Waals surface area contributed by atoms with E-state index in [9.17, 15) is 25.0 Å². The number of hydrogen-bond acceptors (Lipinski definition) is 7. The minimum absolute atomic E-state index is 0.0948. The third-order valence-corrected chi connectivity index (χ3v) is 4.40. The van der Waals surface area contributed by atoms with Gasteiger partial charge in [-0.2, -0.15) is 0 Å². The molecule has 10 nitrogen and oxygen atoms in total. The van der Waals surface area contributed by atoms with Gasteiger partial charge in [0.05, 0.1) is 29.1 Å². The van der Waals surface area contributed by atoms with Gasteiger partial charge >= 0.3 is 0 Å². The SMILES string of the molecule is Cc1ccc(C(=O)Nc2cc(N3CCOCC3)c([N+](=O)[O-])cc2[N+](=O)[O-])cc1. The van der Waals surface area contributed by atoms with E-state index in [1.54, 1.807) is 29.2 Å². The van der Waals surface area contributed by atoms with Gasteiger partial charge in [-0.15, -0.1) is 0 Å². The first-order valence-electron chi connectivity index (χ1n) is 8.54. The molecule has 0 atom stereocenters. The molecule has 0 aliphatic carbocycles. The van der Waals surface area contributed by atoms with Crippen LogP contribution in [0.4, 0.5) is 22.7 Å². The van der Waals surface area contributed by atoms with E-state index >= 15 is 0 Å². The van der Waals surface area contributed by atoms with Crippen molar-refractivity contribution in [1.29, 1.82) is 0 Å². The smallest absolute Gasteiger partial charge is 0.299 e. The maximum absolute atomic E-state index is 12.5. The summed E-state index contributed by atoms with van der Waals surface area (Å²) in [7, 11) is 0. The highest BCUT2D eigenvalue weighted by Gasteiger charge is 2.29. The predicted molar refractivity (Wildman–Crippen MR) is 102 cm³/mol. The number of benzene rings is 2. The van der Waals surface area contributed by atoms with E-state index in [4.69, 9.17) is 4.74 Å². The summed E-state index contributed by atoms with van der Waals surface area (Å²) < 4.78 is 5.26. The molecule has 0 saturated carbocycles. The van der Waals surface area contributed by atoms with Crippen molar-refractivity contribution in [2.24, 2.45) is 0 Å². The standard InChI is InChI=1S/C18H18N4O6/c1-12-2-4-13(5-3-12)18(23)19-14-10-16(20-6-8-28-9-7-20)17(22(26)27)11-15(14)21(24)25/h2-5,10-11H,6-9H2,1H3,(H,19,23). The summed E-state index contributed by atoms with van der Waals surface area (Å²) in [4.78, 5) is 35.7. The number of nitro benzene ring substituents is 2. The van der Waals surface area contributed by atoms with Gasteiger partial charge in [-0.05, 0) is 25.1 Å². The van der Waals surface area contributed by atoms with Crippen molar-refractivity contribution >= 4 is 28.7 Å². The Morgan fingerprint density at radius 3 is 2.21 bits per heavy atom. The Bertz CT molecular complexity index is 922. The molecule has 1 aliphatic heterocycles. The molecule has 146 valence electrons. The number of hydrogen-bond donors (Lipinski definition) is 1. The Balaban J connectivity index is 2.02. The zero-order chi connectivity index (χ0) is 20.3. The van der Waals surface area contributed by atoms with E-state index in [0.29, 0.717) is 31.9 Å². The fourth-order valence-corrected chi connectivity index (χ4v) is 2.92. The van der Waals surface area contributed by atoms with Gasteiger partial charge in [-0.3, -0.25) is 25.0 Å². The van der Waals surface area contributed by atoms with Gasteiger partial charge in [-0.1, -0.05) is 17.7 Å². The number of nitro groups is 2. The van der Waals surface area contributed by atoms with Gasteiger partial charge < -0.3 is 15.0 Å². The molecule has 1 fully saturated rings. The van der Waals surface area contributed by atoms with Crippen LogP contribution in [-0.2, 0) is 4.74 Å². The van der Waals surface area contributed by atoms with Gasteiger partial charge in [-0.25, -0.2) is 0 Å². The van der Waals surface area contributed by atoms with Crippen LogP contribution in [0.1, 0.15) is 15.9 Å². The summed E-state index contributed by atoms with van der Waals surface area (Å²) in [5.74, 6) is -0.537. The Morgan fingerprint density at radius 1 is 1.04 bits per heavy atom. The lowest BCUT2D eigenvalue weighted by Crippen LogP contribution is -2.36. The predicted octanol–water partition coefficient (Wildman–Crippen LogP) is 2.90. The molecular weight excluding hydrogens is 368 g/mol. The van der Waals surface area contributed by atoms with Gasteiger partial charge in [0, 0.05) is 18.7 Å². The average molecular weight is 386 g/mol. The van der Waals surface area contributed by atoms with Crippen molar-refractivity contribution in [1.82, 2.24) is 0 Å². The third-order valence-electron chi connectivity index (χ3n) is 4.40. The lowest BCUT2D eigenvalue weighted by Gasteiger charge is -2.28. The molecular formula is C18H18N4O6. The first kappa shape index (κ1) is 19.2. The summed E-state index contributed by atoms with van der Waals surface area (Å²) in [6.45, 7) is 3.46. The molecule has 1 aliphatic rings. The van der Waals surface area contributed by atoms with Crippen molar-refractivity contribution in [2.45, 2.75) is 6.92 Å². The number of amides is 1. The zero-order valence-electron chi connectivity index (χ0n) is 15.1. The van der Waals surface area contributed by atoms with E-state index in [0.717, 1.165) is 11.6 Å². The zero-order valence-corrected chi connectivity index (χ0v) is 15.1. The number of nitrogens with one attached hydrogen (secondary N) is 1. The van der Waals surface area contributed by atoms with E-state index in [1.807, 2.05) is 6.92 Å². The minimum Gasteiger partial charge on any atom is -0.378 e. The topological polar surface area (TPSA) is 128 Å². The molecule has 3 rings (SSSR count). The monoisotopic (exact) mass is 386 g/mol. The van der Waals surface area contributed by atoms with Crippen molar-refractivity contribution in [2.75, 3.05) is 36.5 Å². The fraction of sp³-hybridized carbons (Fsp3) is 0.278. The van der Waals surface area contributed by atoms with E-state index < -0.39 is 21.4 Å². The highest BCUT2D eigenvalue weighted by atomic mass is 16.6. The number of carbonyl (C=O) groups is 1. The van der Waals surface area contributed by atoms with Crippen molar-refractivity contribution < 1.29 is 19.4 Å². The first-order chi connectivity index (χ1) is 13.4. The van der Waals surface area contributed by atoms with Gasteiger partial charge in [0.1, 0.15) is 11.4 Å². The second kappa shape index (κ2) is 8.01. The highest BCUT2D eigenvalue weighted by Crippen LogP contribution is 2.38. The average Bonchev–Trinajstić information content (AvgIpc) is 2.68. The molecule has 1 amide bonds. The van der Waals surface area contributed by atoms with Crippen LogP contribution in [0.2, 0.25) is 0 Å². The van der Waals surface area contributed by atoms with E-state index in [1.165, 1.54) is 6.07 Å². The lowest BCUT2D eigenvalue weighted by molar-refractivity contribution is -0.393. The molecule has 1 heterocycles. The highest BCUT2D eigenvalue weighted by molar-refractivity contribution is 6.06. The van der Waals surface area contributed by atoms with Crippen LogP contribution in [0.25, 0.3) is 0 Å². The number of morpholine rings is 1. The summed E-state index contributed by atoms with van der Waals surface area (Å²) in [5.41, 5.74) is 0.477.